The van der Waals surface area contributed by atoms with Crippen LogP contribution >= 0.6 is 0 Å². The van der Waals surface area contributed by atoms with Gasteiger partial charge in [0.05, 0.1) is 0 Å². The van der Waals surface area contributed by atoms with Gasteiger partial charge in [0.15, 0.2) is 6.04 Å². The van der Waals surface area contributed by atoms with E-state index in [-0.39, 0.29) is 23.8 Å². The van der Waals surface area contributed by atoms with Crippen LogP contribution in [0.4, 0.5) is 4.79 Å². The largest absolute Gasteiger partial charge is 0.508 e. The number of aromatic hydroxyl groups is 1. The summed E-state index contributed by atoms with van der Waals surface area (Å²) in [5, 5.41) is 15.8. The molecule has 0 spiro atoms. The number of ether oxygens (including phenoxy) is 1. The molecule has 0 saturated heterocycles. The summed E-state index contributed by atoms with van der Waals surface area (Å²) in [6.45, 7) is 8.66. The van der Waals surface area contributed by atoms with Gasteiger partial charge in [-0.3, -0.25) is 14.5 Å². The van der Waals surface area contributed by atoms with Crippen LogP contribution in [0.2, 0.25) is 0 Å². The van der Waals surface area contributed by atoms with Crippen molar-refractivity contribution < 1.29 is 24.2 Å². The third kappa shape index (κ3) is 8.07. The number of carbonyl (C=O) groups is 3. The Morgan fingerprint density at radius 1 is 1.03 bits per heavy atom. The van der Waals surface area contributed by atoms with Crippen molar-refractivity contribution in [2.24, 2.45) is 0 Å². The van der Waals surface area contributed by atoms with Gasteiger partial charge < -0.3 is 20.5 Å². The van der Waals surface area contributed by atoms with Gasteiger partial charge in [-0.25, -0.2) is 4.79 Å². The molecule has 0 heterocycles. The number of terminal acetylenes is 1. The van der Waals surface area contributed by atoms with E-state index in [1.807, 2.05) is 30.3 Å². The molecule has 0 aliphatic heterocycles. The van der Waals surface area contributed by atoms with E-state index in [0.29, 0.717) is 0 Å². The average molecular weight is 480 g/mol. The van der Waals surface area contributed by atoms with Gasteiger partial charge in [0.25, 0.3) is 5.91 Å². The van der Waals surface area contributed by atoms with E-state index in [2.05, 4.69) is 16.7 Å². The molecule has 3 N–H and O–H groups in total. The predicted molar refractivity (Wildman–Crippen MR) is 133 cm³/mol. The lowest BCUT2D eigenvalue weighted by Crippen LogP contribution is -2.52. The van der Waals surface area contributed by atoms with Crippen molar-refractivity contribution in [3.05, 3.63) is 65.7 Å². The number of nitrogens with zero attached hydrogens (tertiary/aromatic N) is 1. The van der Waals surface area contributed by atoms with Crippen LogP contribution in [0, 0.1) is 12.5 Å². The highest BCUT2D eigenvalue weighted by molar-refractivity contribution is 5.93. The molecule has 0 aliphatic carbocycles. The second kappa shape index (κ2) is 11.9. The predicted octanol–water partition coefficient (Wildman–Crippen LogP) is 3.51. The zero-order chi connectivity index (χ0) is 26.2. The SMILES string of the molecule is C#CN(C(=O)C(Cc1ccccc1)NC(=O)OC(C)(C)C)C(C(=O)NC(C)C)c1ccccc1O. The van der Waals surface area contributed by atoms with Crippen LogP contribution in [-0.2, 0) is 20.7 Å². The number of nitrogens with one attached hydrogen (secondary N) is 2. The third-order valence-electron chi connectivity index (χ3n) is 4.82. The summed E-state index contributed by atoms with van der Waals surface area (Å²) >= 11 is 0. The molecular weight excluding hydrogens is 446 g/mol. The maximum atomic E-state index is 13.7. The molecule has 8 heteroatoms. The minimum Gasteiger partial charge on any atom is -0.508 e. The highest BCUT2D eigenvalue weighted by Crippen LogP contribution is 2.29. The Balaban J connectivity index is 2.48. The second-order valence-corrected chi connectivity index (χ2v) is 9.35. The Labute approximate surface area is 206 Å². The van der Waals surface area contributed by atoms with E-state index >= 15 is 0 Å². The molecule has 2 rings (SSSR count). The number of amides is 3. The number of hydrogen-bond acceptors (Lipinski definition) is 5. The monoisotopic (exact) mass is 479 g/mol. The molecule has 2 atom stereocenters. The smallest absolute Gasteiger partial charge is 0.408 e. The maximum Gasteiger partial charge on any atom is 0.408 e. The Kier molecular flexibility index (Phi) is 9.29. The number of rotatable bonds is 8. The standard InChI is InChI=1S/C27H33N3O5/c1-7-30(23(24(32)28-18(2)3)20-15-11-12-16-22(20)31)25(33)21(17-19-13-9-8-10-14-19)29-26(34)35-27(4,5)6/h1,8-16,18,21,23,31H,17H2,2-6H3,(H,28,32)(H,29,34). The average Bonchev–Trinajstić information content (AvgIpc) is 2.76. The molecule has 2 unspecified atom stereocenters. The lowest BCUT2D eigenvalue weighted by atomic mass is 10.00. The fourth-order valence-corrected chi connectivity index (χ4v) is 3.41. The van der Waals surface area contributed by atoms with E-state index in [4.69, 9.17) is 11.2 Å². The van der Waals surface area contributed by atoms with Crippen LogP contribution in [0.1, 0.15) is 51.8 Å². The first-order valence-corrected chi connectivity index (χ1v) is 11.3. The van der Waals surface area contributed by atoms with Gasteiger partial charge in [-0.1, -0.05) is 55.0 Å². The molecule has 0 aliphatic rings. The van der Waals surface area contributed by atoms with Gasteiger partial charge >= 0.3 is 6.09 Å². The molecule has 186 valence electrons. The fourth-order valence-electron chi connectivity index (χ4n) is 3.41. The maximum absolute atomic E-state index is 13.7. The molecule has 3 amide bonds. The lowest BCUT2D eigenvalue weighted by Gasteiger charge is -2.31. The molecule has 0 fully saturated rings. The Morgan fingerprint density at radius 3 is 2.17 bits per heavy atom. The van der Waals surface area contributed by atoms with Crippen molar-refractivity contribution in [1.82, 2.24) is 15.5 Å². The summed E-state index contributed by atoms with van der Waals surface area (Å²) in [7, 11) is 0. The van der Waals surface area contributed by atoms with Crippen LogP contribution in [0.3, 0.4) is 0 Å². The summed E-state index contributed by atoms with van der Waals surface area (Å²) in [5.41, 5.74) is 0.142. The van der Waals surface area contributed by atoms with E-state index in [9.17, 15) is 19.5 Å². The number of benzene rings is 2. The summed E-state index contributed by atoms with van der Waals surface area (Å²) in [6.07, 6.45) is 5.05. The summed E-state index contributed by atoms with van der Waals surface area (Å²) in [5.74, 6) is -1.46. The molecule has 0 radical (unpaired) electrons. The molecular formula is C27H33N3O5. The number of phenolic OH excluding ortho intramolecular Hbond substituents is 1. The van der Waals surface area contributed by atoms with Crippen molar-refractivity contribution in [2.45, 2.75) is 64.8 Å². The Morgan fingerprint density at radius 2 is 1.63 bits per heavy atom. The molecule has 2 aromatic carbocycles. The summed E-state index contributed by atoms with van der Waals surface area (Å²) in [4.78, 5) is 40.4. The minimum atomic E-state index is -1.32. The lowest BCUT2D eigenvalue weighted by molar-refractivity contribution is -0.138. The number of alkyl carbamates (subject to hydrolysis) is 1. The first-order chi connectivity index (χ1) is 16.4. The third-order valence-corrected chi connectivity index (χ3v) is 4.82. The van der Waals surface area contributed by atoms with Crippen molar-refractivity contribution in [3.63, 3.8) is 0 Å². The van der Waals surface area contributed by atoms with E-state index < -0.39 is 35.6 Å². The van der Waals surface area contributed by atoms with Crippen molar-refractivity contribution in [1.29, 1.82) is 0 Å². The molecule has 35 heavy (non-hydrogen) atoms. The van der Waals surface area contributed by atoms with Gasteiger partial charge in [-0.15, -0.1) is 0 Å². The minimum absolute atomic E-state index is 0.108. The summed E-state index contributed by atoms with van der Waals surface area (Å²) in [6, 6.07) is 14.8. The van der Waals surface area contributed by atoms with Crippen molar-refractivity contribution in [3.8, 4) is 18.2 Å². The van der Waals surface area contributed by atoms with Crippen LogP contribution in [-0.4, -0.2) is 45.6 Å². The quantitative estimate of drug-likeness (QED) is 0.397. The van der Waals surface area contributed by atoms with Gasteiger partial charge in [0.2, 0.25) is 5.91 Å². The second-order valence-electron chi connectivity index (χ2n) is 9.35. The van der Waals surface area contributed by atoms with Gasteiger partial charge in [-0.2, -0.15) is 0 Å². The van der Waals surface area contributed by atoms with E-state index in [0.717, 1.165) is 10.5 Å². The highest BCUT2D eigenvalue weighted by Gasteiger charge is 2.37. The highest BCUT2D eigenvalue weighted by atomic mass is 16.6. The van der Waals surface area contributed by atoms with E-state index in [1.54, 1.807) is 46.8 Å². The van der Waals surface area contributed by atoms with Gasteiger partial charge in [-0.05, 0) is 46.2 Å². The zero-order valence-electron chi connectivity index (χ0n) is 20.7. The molecule has 0 aromatic heterocycles. The molecule has 0 saturated carbocycles. The first-order valence-electron chi connectivity index (χ1n) is 11.3. The summed E-state index contributed by atoms with van der Waals surface area (Å²) < 4.78 is 5.34. The molecule has 2 aromatic rings. The number of carbonyl (C=O) groups excluding carboxylic acids is 3. The normalized spacial score (nSPS) is 12.7. The van der Waals surface area contributed by atoms with E-state index in [1.165, 1.54) is 12.1 Å². The topological polar surface area (TPSA) is 108 Å². The zero-order valence-corrected chi connectivity index (χ0v) is 20.7. The molecule has 8 nitrogen and oxygen atoms in total. The van der Waals surface area contributed by atoms with Crippen LogP contribution < -0.4 is 10.6 Å². The van der Waals surface area contributed by atoms with Gasteiger partial charge in [0.1, 0.15) is 17.4 Å². The van der Waals surface area contributed by atoms with Crippen molar-refractivity contribution in [2.75, 3.05) is 0 Å². The van der Waals surface area contributed by atoms with Crippen LogP contribution in [0.5, 0.6) is 5.75 Å². The number of phenols is 1. The first kappa shape index (κ1) is 27.3. The Bertz CT molecular complexity index is 1070. The van der Waals surface area contributed by atoms with Crippen LogP contribution in [0.15, 0.2) is 54.6 Å². The number of para-hydroxylation sites is 1. The fraction of sp³-hybridized carbons (Fsp3) is 0.370. The Hall–Kier alpha value is -3.99. The van der Waals surface area contributed by atoms with Gasteiger partial charge in [0, 0.05) is 24.1 Å². The van der Waals surface area contributed by atoms with Crippen molar-refractivity contribution >= 4 is 17.9 Å². The van der Waals surface area contributed by atoms with Crippen LogP contribution in [0.25, 0.3) is 0 Å². The molecule has 0 bridgehead atoms. The number of hydrogen-bond donors (Lipinski definition) is 3.